The molecule has 0 aliphatic heterocycles. The number of nitrogens with zero attached hydrogens (tertiary/aromatic N) is 3. The van der Waals surface area contributed by atoms with Gasteiger partial charge in [0.15, 0.2) is 21.5 Å². The van der Waals surface area contributed by atoms with Gasteiger partial charge in [-0.3, -0.25) is 15.7 Å². The zero-order chi connectivity index (χ0) is 23.5. The van der Waals surface area contributed by atoms with Gasteiger partial charge in [-0.1, -0.05) is 19.1 Å². The summed E-state index contributed by atoms with van der Waals surface area (Å²) >= 11 is 0. The summed E-state index contributed by atoms with van der Waals surface area (Å²) in [5.74, 6) is -1.43. The molecule has 0 atom stereocenters. The molecule has 0 bridgehead atoms. The average Bonchev–Trinajstić information content (AvgIpc) is 2.77. The lowest BCUT2D eigenvalue weighted by molar-refractivity contribution is -0.137. The number of sulfone groups is 1. The predicted molar refractivity (Wildman–Crippen MR) is 108 cm³/mol. The van der Waals surface area contributed by atoms with Crippen molar-refractivity contribution in [3.05, 3.63) is 71.9 Å². The fourth-order valence-corrected chi connectivity index (χ4v) is 3.74. The number of pyridine rings is 2. The van der Waals surface area contributed by atoms with E-state index in [-0.39, 0.29) is 22.2 Å². The molecule has 0 radical (unpaired) electrons. The zero-order valence-electron chi connectivity index (χ0n) is 16.4. The molecule has 0 unspecified atom stereocenters. The van der Waals surface area contributed by atoms with Gasteiger partial charge >= 0.3 is 6.18 Å². The molecule has 0 saturated heterocycles. The molecule has 3 rings (SSSR count). The Bertz CT molecular complexity index is 1240. The topological polar surface area (TPSA) is 105 Å². The Morgan fingerprint density at radius 2 is 1.75 bits per heavy atom. The molecule has 0 aliphatic rings. The molecule has 3 aromatic rings. The molecule has 2 heterocycles. The zero-order valence-corrected chi connectivity index (χ0v) is 17.2. The summed E-state index contributed by atoms with van der Waals surface area (Å²) in [5.41, 5.74) is 1.33. The third-order valence-electron chi connectivity index (χ3n) is 4.38. The van der Waals surface area contributed by atoms with Crippen molar-refractivity contribution in [1.29, 1.82) is 0 Å². The molecular formula is C20H16F4N4O3S. The molecule has 32 heavy (non-hydrogen) atoms. The molecule has 0 aliphatic carbocycles. The quantitative estimate of drug-likeness (QED) is 0.252. The van der Waals surface area contributed by atoms with Crippen molar-refractivity contribution in [3.63, 3.8) is 0 Å². The molecule has 7 nitrogen and oxygen atoms in total. The first-order valence-electron chi connectivity index (χ1n) is 9.06. The molecule has 0 saturated carbocycles. The second-order valence-corrected chi connectivity index (χ2v) is 8.70. The number of nitrogens with one attached hydrogen (secondary N) is 1. The highest BCUT2D eigenvalue weighted by Crippen LogP contribution is 2.30. The van der Waals surface area contributed by atoms with Gasteiger partial charge in [-0.05, 0) is 35.9 Å². The van der Waals surface area contributed by atoms with Gasteiger partial charge in [0, 0.05) is 18.0 Å². The third-order valence-corrected chi connectivity index (χ3v) is 6.12. The summed E-state index contributed by atoms with van der Waals surface area (Å²) in [6.07, 6.45) is -2.74. The van der Waals surface area contributed by atoms with Gasteiger partial charge in [0.05, 0.1) is 16.2 Å². The lowest BCUT2D eigenvalue weighted by atomic mass is 10.1. The van der Waals surface area contributed by atoms with Crippen LogP contribution in [0.15, 0.2) is 64.7 Å². The molecule has 2 N–H and O–H groups in total. The largest absolute Gasteiger partial charge is 0.417 e. The molecular weight excluding hydrogens is 452 g/mol. The van der Waals surface area contributed by atoms with Crippen molar-refractivity contribution in [1.82, 2.24) is 15.4 Å². The predicted octanol–water partition coefficient (Wildman–Crippen LogP) is 4.15. The van der Waals surface area contributed by atoms with E-state index in [9.17, 15) is 31.2 Å². The van der Waals surface area contributed by atoms with Crippen molar-refractivity contribution >= 4 is 21.5 Å². The number of amidine groups is 1. The van der Waals surface area contributed by atoms with Crippen LogP contribution in [0.25, 0.3) is 11.1 Å². The standard InChI is InChI=1S/C20H16F4N4O3S/c1-2-32(30,31)16-9-13(12-3-6-15(21)7-4-12)10-26-18(16)19(28-29)27-17-8-5-14(11-25-17)20(22,23)24/h3-11,29H,2H2,1H3,(H,25,27,28). The SMILES string of the molecule is CCS(=O)(=O)c1cc(-c2ccc(F)cc2)cnc1C(=Nc1ccc(C(F)(F)F)cn1)NO. The Morgan fingerprint density at radius 3 is 2.28 bits per heavy atom. The summed E-state index contributed by atoms with van der Waals surface area (Å²) in [6.45, 7) is 1.41. The minimum Gasteiger partial charge on any atom is -0.290 e. The normalized spacial score (nSPS) is 12.6. The smallest absolute Gasteiger partial charge is 0.290 e. The minimum absolute atomic E-state index is 0.223. The molecule has 0 spiro atoms. The lowest BCUT2D eigenvalue weighted by Gasteiger charge is -2.12. The van der Waals surface area contributed by atoms with Crippen molar-refractivity contribution < 1.29 is 31.2 Å². The highest BCUT2D eigenvalue weighted by molar-refractivity contribution is 7.91. The van der Waals surface area contributed by atoms with Crippen molar-refractivity contribution in [2.75, 3.05) is 5.75 Å². The Morgan fingerprint density at radius 1 is 1.06 bits per heavy atom. The Labute approximate surface area is 180 Å². The van der Waals surface area contributed by atoms with Gasteiger partial charge in [-0.2, -0.15) is 13.2 Å². The summed E-state index contributed by atoms with van der Waals surface area (Å²) in [4.78, 5) is 11.3. The van der Waals surface area contributed by atoms with Crippen LogP contribution >= 0.6 is 0 Å². The summed E-state index contributed by atoms with van der Waals surface area (Å²) in [7, 11) is -3.88. The number of hydroxylamine groups is 1. The van der Waals surface area contributed by atoms with E-state index in [1.165, 1.54) is 43.5 Å². The van der Waals surface area contributed by atoms with Crippen LogP contribution in [0.3, 0.4) is 0 Å². The maximum atomic E-state index is 13.2. The number of aliphatic imine (C=N–C) groups is 1. The second-order valence-electron chi connectivity index (χ2n) is 6.46. The lowest BCUT2D eigenvalue weighted by Crippen LogP contribution is -2.25. The Balaban J connectivity index is 2.11. The van der Waals surface area contributed by atoms with Crippen LogP contribution in [0.1, 0.15) is 18.2 Å². The third kappa shape index (κ3) is 5.08. The summed E-state index contributed by atoms with van der Waals surface area (Å²) in [6, 6.07) is 8.29. The Kier molecular flexibility index (Phi) is 6.55. The van der Waals surface area contributed by atoms with Gasteiger partial charge in [0.2, 0.25) is 0 Å². The average molecular weight is 468 g/mol. The molecule has 2 aromatic heterocycles. The second kappa shape index (κ2) is 9.01. The van der Waals surface area contributed by atoms with Crippen LogP contribution in [-0.4, -0.2) is 35.2 Å². The van der Waals surface area contributed by atoms with E-state index in [2.05, 4.69) is 15.0 Å². The summed E-state index contributed by atoms with van der Waals surface area (Å²) in [5, 5.41) is 9.54. The number of benzene rings is 1. The van der Waals surface area contributed by atoms with Crippen LogP contribution in [0.2, 0.25) is 0 Å². The summed E-state index contributed by atoms with van der Waals surface area (Å²) < 4.78 is 76.7. The first kappa shape index (κ1) is 23.3. The monoisotopic (exact) mass is 468 g/mol. The molecule has 0 amide bonds. The van der Waals surface area contributed by atoms with E-state index in [0.717, 1.165) is 12.1 Å². The number of aromatic nitrogens is 2. The van der Waals surface area contributed by atoms with Crippen LogP contribution in [-0.2, 0) is 16.0 Å². The van der Waals surface area contributed by atoms with E-state index in [1.54, 1.807) is 5.48 Å². The maximum Gasteiger partial charge on any atom is 0.417 e. The van der Waals surface area contributed by atoms with Gasteiger partial charge in [-0.25, -0.2) is 22.8 Å². The molecule has 1 aromatic carbocycles. The van der Waals surface area contributed by atoms with Gasteiger partial charge < -0.3 is 0 Å². The van der Waals surface area contributed by atoms with E-state index in [1.807, 2.05) is 0 Å². The number of halogens is 4. The number of alkyl halides is 3. The molecule has 12 heteroatoms. The first-order valence-corrected chi connectivity index (χ1v) is 10.7. The van der Waals surface area contributed by atoms with Crippen molar-refractivity contribution in [2.24, 2.45) is 4.99 Å². The minimum atomic E-state index is -4.59. The van der Waals surface area contributed by atoms with E-state index in [0.29, 0.717) is 17.3 Å². The van der Waals surface area contributed by atoms with Crippen molar-refractivity contribution in [2.45, 2.75) is 18.0 Å². The fraction of sp³-hybridized carbons (Fsp3) is 0.150. The van der Waals surface area contributed by atoms with E-state index < -0.39 is 33.2 Å². The van der Waals surface area contributed by atoms with Gasteiger partial charge in [-0.15, -0.1) is 0 Å². The number of hydrogen-bond acceptors (Lipinski definition) is 6. The Hall–Kier alpha value is -3.38. The highest BCUT2D eigenvalue weighted by atomic mass is 32.2. The first-order chi connectivity index (χ1) is 15.0. The highest BCUT2D eigenvalue weighted by Gasteiger charge is 2.30. The molecule has 0 fully saturated rings. The van der Waals surface area contributed by atoms with Crippen LogP contribution in [0.4, 0.5) is 23.4 Å². The van der Waals surface area contributed by atoms with Crippen LogP contribution < -0.4 is 5.48 Å². The fourth-order valence-electron chi connectivity index (χ4n) is 2.68. The number of rotatable bonds is 5. The molecule has 168 valence electrons. The van der Waals surface area contributed by atoms with Crippen molar-refractivity contribution in [3.8, 4) is 11.1 Å². The van der Waals surface area contributed by atoms with Crippen LogP contribution in [0.5, 0.6) is 0 Å². The number of hydrogen-bond donors (Lipinski definition) is 2. The van der Waals surface area contributed by atoms with Crippen LogP contribution in [0, 0.1) is 5.82 Å². The maximum absolute atomic E-state index is 13.2. The van der Waals surface area contributed by atoms with E-state index >= 15 is 0 Å². The van der Waals surface area contributed by atoms with Gasteiger partial charge in [0.25, 0.3) is 0 Å². The van der Waals surface area contributed by atoms with E-state index in [4.69, 9.17) is 0 Å². The van der Waals surface area contributed by atoms with Gasteiger partial charge in [0.1, 0.15) is 11.5 Å².